The highest BCUT2D eigenvalue weighted by Gasteiger charge is 2.12. The number of fused-ring (bicyclic) bond motifs is 1. The first-order chi connectivity index (χ1) is 18.1. The molecular weight excluding hydrogens is 486 g/mol. The molecule has 0 spiro atoms. The van der Waals surface area contributed by atoms with Gasteiger partial charge in [0.1, 0.15) is 5.82 Å². The molecule has 1 amide bonds. The summed E-state index contributed by atoms with van der Waals surface area (Å²) in [6.07, 6.45) is 5.11. The molecular formula is C30H32ClN3O3. The number of para-hydroxylation sites is 2. The predicted molar refractivity (Wildman–Crippen MR) is 149 cm³/mol. The Bertz CT molecular complexity index is 1370. The standard InChI is InChI=1S/C30H32ClN3O3/c1-3-9-22-14-15-27(28(20-22)36-2)37-19-7-6-18-34-26-13-5-4-12-25(26)33-29(34)16-17-32-30(35)23-10-8-11-24(31)21-23/h3-5,8,10-15,20-21H,1,6-7,9,16-19H2,2H3,(H,32,35). The van der Waals surface area contributed by atoms with Gasteiger partial charge >= 0.3 is 0 Å². The fourth-order valence-electron chi connectivity index (χ4n) is 4.26. The SMILES string of the molecule is C=CCc1ccc(OCCCCn2c(CCNC(=O)c3cccc(Cl)c3)nc3ccccc32)c(OC)c1. The normalized spacial score (nSPS) is 10.9. The Balaban J connectivity index is 1.33. The predicted octanol–water partition coefficient (Wildman–Crippen LogP) is 6.26. The van der Waals surface area contributed by atoms with Gasteiger partial charge in [0.05, 0.1) is 24.8 Å². The molecule has 192 valence electrons. The van der Waals surface area contributed by atoms with Gasteiger partial charge in [-0.15, -0.1) is 6.58 Å². The number of allylic oxidation sites excluding steroid dienone is 1. The molecule has 0 aliphatic rings. The summed E-state index contributed by atoms with van der Waals surface area (Å²) in [6, 6.07) is 21.0. The van der Waals surface area contributed by atoms with Crippen LogP contribution in [0.1, 0.15) is 34.6 Å². The van der Waals surface area contributed by atoms with Crippen LogP contribution in [0.3, 0.4) is 0 Å². The van der Waals surface area contributed by atoms with Crippen LogP contribution in [0.5, 0.6) is 11.5 Å². The minimum Gasteiger partial charge on any atom is -0.493 e. The van der Waals surface area contributed by atoms with E-state index in [1.165, 1.54) is 0 Å². The molecule has 0 aliphatic heterocycles. The number of aryl methyl sites for hydroxylation is 1. The molecule has 1 aromatic heterocycles. The Hall–Kier alpha value is -3.77. The molecule has 0 unspecified atom stereocenters. The highest BCUT2D eigenvalue weighted by atomic mass is 35.5. The second-order valence-electron chi connectivity index (χ2n) is 8.72. The first kappa shape index (κ1) is 26.3. The van der Waals surface area contributed by atoms with E-state index in [0.29, 0.717) is 30.2 Å². The molecule has 1 heterocycles. The van der Waals surface area contributed by atoms with Crippen LogP contribution in [0.15, 0.2) is 79.4 Å². The first-order valence-corrected chi connectivity index (χ1v) is 12.9. The maximum absolute atomic E-state index is 12.5. The van der Waals surface area contributed by atoms with Gasteiger partial charge in [-0.1, -0.05) is 41.9 Å². The molecule has 0 saturated carbocycles. The summed E-state index contributed by atoms with van der Waals surface area (Å²) in [7, 11) is 1.66. The third-order valence-corrected chi connectivity index (χ3v) is 6.33. The van der Waals surface area contributed by atoms with E-state index in [1.807, 2.05) is 42.5 Å². The number of hydrogen-bond donors (Lipinski definition) is 1. The van der Waals surface area contributed by atoms with Crippen LogP contribution in [0.4, 0.5) is 0 Å². The zero-order valence-electron chi connectivity index (χ0n) is 21.1. The van der Waals surface area contributed by atoms with Gasteiger partial charge < -0.3 is 19.4 Å². The Morgan fingerprint density at radius 2 is 1.95 bits per heavy atom. The second-order valence-corrected chi connectivity index (χ2v) is 9.15. The molecule has 37 heavy (non-hydrogen) atoms. The molecule has 0 radical (unpaired) electrons. The van der Waals surface area contributed by atoms with Gasteiger partial charge in [-0.05, 0) is 67.3 Å². The number of ether oxygens (including phenoxy) is 2. The summed E-state index contributed by atoms with van der Waals surface area (Å²) in [6.45, 7) is 5.68. The molecule has 3 aromatic carbocycles. The van der Waals surface area contributed by atoms with E-state index in [-0.39, 0.29) is 5.91 Å². The van der Waals surface area contributed by atoms with Crippen molar-refractivity contribution in [1.29, 1.82) is 0 Å². The van der Waals surface area contributed by atoms with Gasteiger partial charge in [-0.3, -0.25) is 4.79 Å². The average molecular weight is 518 g/mol. The van der Waals surface area contributed by atoms with Gasteiger partial charge in [-0.25, -0.2) is 4.98 Å². The van der Waals surface area contributed by atoms with Gasteiger partial charge in [0.25, 0.3) is 5.91 Å². The zero-order chi connectivity index (χ0) is 26.0. The van der Waals surface area contributed by atoms with Crippen molar-refractivity contribution in [2.45, 2.75) is 32.2 Å². The number of imidazole rings is 1. The van der Waals surface area contributed by atoms with Crippen LogP contribution < -0.4 is 14.8 Å². The average Bonchev–Trinajstić information content (AvgIpc) is 3.26. The van der Waals surface area contributed by atoms with Crippen molar-refractivity contribution in [2.24, 2.45) is 0 Å². The number of carbonyl (C=O) groups excluding carboxylic acids is 1. The summed E-state index contributed by atoms with van der Waals surface area (Å²) >= 11 is 6.01. The van der Waals surface area contributed by atoms with Crippen molar-refractivity contribution >= 4 is 28.5 Å². The van der Waals surface area contributed by atoms with Gasteiger partial charge in [-0.2, -0.15) is 0 Å². The molecule has 4 rings (SSSR count). The molecule has 0 bridgehead atoms. The number of carbonyl (C=O) groups is 1. The molecule has 7 heteroatoms. The van der Waals surface area contributed by atoms with Crippen LogP contribution in [0.2, 0.25) is 5.02 Å². The second kappa shape index (κ2) is 13.0. The third-order valence-electron chi connectivity index (χ3n) is 6.10. The number of nitrogens with one attached hydrogen (secondary N) is 1. The largest absolute Gasteiger partial charge is 0.493 e. The van der Waals surface area contributed by atoms with Crippen molar-refractivity contribution in [3.63, 3.8) is 0 Å². The van der Waals surface area contributed by atoms with Crippen molar-refractivity contribution < 1.29 is 14.3 Å². The number of benzene rings is 3. The van der Waals surface area contributed by atoms with Crippen molar-refractivity contribution in [3.8, 4) is 11.5 Å². The third kappa shape index (κ3) is 6.92. The van der Waals surface area contributed by atoms with E-state index < -0.39 is 0 Å². The van der Waals surface area contributed by atoms with Crippen LogP contribution in [0, 0.1) is 0 Å². The quantitative estimate of drug-likeness (QED) is 0.168. The smallest absolute Gasteiger partial charge is 0.251 e. The summed E-state index contributed by atoms with van der Waals surface area (Å²) in [5.41, 5.74) is 3.74. The molecule has 0 atom stereocenters. The highest BCUT2D eigenvalue weighted by Crippen LogP contribution is 2.28. The maximum Gasteiger partial charge on any atom is 0.251 e. The number of aromatic nitrogens is 2. The number of rotatable bonds is 13. The zero-order valence-corrected chi connectivity index (χ0v) is 21.8. The Morgan fingerprint density at radius 1 is 1.08 bits per heavy atom. The molecule has 0 fully saturated rings. The molecule has 4 aromatic rings. The lowest BCUT2D eigenvalue weighted by molar-refractivity contribution is 0.0954. The van der Waals surface area contributed by atoms with Crippen molar-refractivity contribution in [2.75, 3.05) is 20.3 Å². The summed E-state index contributed by atoms with van der Waals surface area (Å²) in [5, 5.41) is 3.52. The van der Waals surface area contributed by atoms with Crippen molar-refractivity contribution in [3.05, 3.63) is 101 Å². The molecule has 0 aliphatic carbocycles. The fraction of sp³-hybridized carbons (Fsp3) is 0.267. The van der Waals surface area contributed by atoms with Gasteiger partial charge in [0.2, 0.25) is 0 Å². The molecule has 1 N–H and O–H groups in total. The monoisotopic (exact) mass is 517 g/mol. The van der Waals surface area contributed by atoms with E-state index in [1.54, 1.807) is 31.4 Å². The van der Waals surface area contributed by atoms with Crippen LogP contribution in [-0.4, -0.2) is 35.7 Å². The number of hydrogen-bond acceptors (Lipinski definition) is 4. The number of amides is 1. The minimum absolute atomic E-state index is 0.143. The number of methoxy groups -OCH3 is 1. The summed E-state index contributed by atoms with van der Waals surface area (Å²) < 4.78 is 13.7. The van der Waals surface area contributed by atoms with E-state index in [2.05, 4.69) is 22.5 Å². The molecule has 6 nitrogen and oxygen atoms in total. The molecule has 0 saturated heterocycles. The summed E-state index contributed by atoms with van der Waals surface area (Å²) in [4.78, 5) is 17.3. The first-order valence-electron chi connectivity index (χ1n) is 12.5. The highest BCUT2D eigenvalue weighted by molar-refractivity contribution is 6.30. The summed E-state index contributed by atoms with van der Waals surface area (Å²) in [5.74, 6) is 2.30. The van der Waals surface area contributed by atoms with E-state index in [9.17, 15) is 4.79 Å². The Labute approximate surface area is 222 Å². The Morgan fingerprint density at radius 3 is 2.76 bits per heavy atom. The van der Waals surface area contributed by atoms with Gasteiger partial charge in [0, 0.05) is 30.1 Å². The van der Waals surface area contributed by atoms with Crippen LogP contribution in [0.25, 0.3) is 11.0 Å². The Kier molecular flexibility index (Phi) is 9.22. The number of nitrogens with zero attached hydrogens (tertiary/aromatic N) is 2. The lowest BCUT2D eigenvalue weighted by Gasteiger charge is -2.13. The number of halogens is 1. The van der Waals surface area contributed by atoms with E-state index in [4.69, 9.17) is 26.1 Å². The topological polar surface area (TPSA) is 65.4 Å². The lowest BCUT2D eigenvalue weighted by atomic mass is 10.1. The van der Waals surface area contributed by atoms with Crippen molar-refractivity contribution in [1.82, 2.24) is 14.9 Å². The van der Waals surface area contributed by atoms with Crippen LogP contribution >= 0.6 is 11.6 Å². The van der Waals surface area contributed by atoms with E-state index >= 15 is 0 Å². The lowest BCUT2D eigenvalue weighted by Crippen LogP contribution is -2.26. The number of unbranched alkanes of at least 4 members (excludes halogenated alkanes) is 1. The minimum atomic E-state index is -0.143. The van der Waals surface area contributed by atoms with Crippen LogP contribution in [-0.2, 0) is 19.4 Å². The fourth-order valence-corrected chi connectivity index (χ4v) is 4.45. The van der Waals surface area contributed by atoms with E-state index in [0.717, 1.165) is 59.7 Å². The maximum atomic E-state index is 12.5. The van der Waals surface area contributed by atoms with Gasteiger partial charge in [0.15, 0.2) is 11.5 Å².